The Labute approximate surface area is 185 Å². The number of fused-ring (bicyclic) bond motifs is 1. The Bertz CT molecular complexity index is 1100. The van der Waals surface area contributed by atoms with E-state index in [9.17, 15) is 4.79 Å². The molecule has 0 aliphatic carbocycles. The number of rotatable bonds is 7. The summed E-state index contributed by atoms with van der Waals surface area (Å²) in [6, 6.07) is 7.26. The first-order valence-corrected chi connectivity index (χ1v) is 10.3. The number of amides is 1. The maximum absolute atomic E-state index is 13.0. The second-order valence-electron chi connectivity index (χ2n) is 7.27. The zero-order chi connectivity index (χ0) is 22.0. The maximum Gasteiger partial charge on any atom is 0.255 e. The SMILES string of the molecule is COCCC1CNC(=O)c2c(Nc3cccc(Cl)c3OC)c(-c3ccncn3)n(C)c21. The van der Waals surface area contributed by atoms with Crippen molar-refractivity contribution in [3.8, 4) is 17.1 Å². The minimum Gasteiger partial charge on any atom is -0.493 e. The summed E-state index contributed by atoms with van der Waals surface area (Å²) in [7, 11) is 5.19. The van der Waals surface area contributed by atoms with Crippen LogP contribution in [0.5, 0.6) is 5.75 Å². The molecule has 0 spiro atoms. The summed E-state index contributed by atoms with van der Waals surface area (Å²) in [6.45, 7) is 1.15. The summed E-state index contributed by atoms with van der Waals surface area (Å²) in [6.07, 6.45) is 3.96. The largest absolute Gasteiger partial charge is 0.493 e. The number of anilines is 2. The summed E-state index contributed by atoms with van der Waals surface area (Å²) in [5.41, 5.74) is 4.33. The smallest absolute Gasteiger partial charge is 0.255 e. The third-order valence-electron chi connectivity index (χ3n) is 5.49. The van der Waals surface area contributed by atoms with Crippen molar-refractivity contribution in [2.45, 2.75) is 12.3 Å². The van der Waals surface area contributed by atoms with E-state index in [1.807, 2.05) is 29.8 Å². The fourth-order valence-electron chi connectivity index (χ4n) is 4.11. The van der Waals surface area contributed by atoms with Crippen molar-refractivity contribution in [3.63, 3.8) is 0 Å². The third-order valence-corrected chi connectivity index (χ3v) is 5.79. The molecule has 1 amide bonds. The van der Waals surface area contributed by atoms with Crippen LogP contribution in [0, 0.1) is 0 Å². The molecule has 0 radical (unpaired) electrons. The van der Waals surface area contributed by atoms with Gasteiger partial charge in [0.2, 0.25) is 0 Å². The first kappa shape index (κ1) is 21.1. The number of nitrogens with zero attached hydrogens (tertiary/aromatic N) is 3. The number of ether oxygens (including phenoxy) is 2. The number of benzene rings is 1. The van der Waals surface area contributed by atoms with E-state index in [1.165, 1.54) is 6.33 Å². The molecular formula is C22H24ClN5O3. The fraction of sp³-hybridized carbons (Fsp3) is 0.318. The average Bonchev–Trinajstić information content (AvgIpc) is 3.07. The van der Waals surface area contributed by atoms with E-state index >= 15 is 0 Å². The predicted octanol–water partition coefficient (Wildman–Crippen LogP) is 3.75. The molecule has 1 aliphatic rings. The molecule has 1 aromatic carbocycles. The minimum absolute atomic E-state index is 0.107. The monoisotopic (exact) mass is 441 g/mol. The number of carbonyl (C=O) groups is 1. The van der Waals surface area contributed by atoms with Gasteiger partial charge in [-0.05, 0) is 24.6 Å². The molecule has 2 N–H and O–H groups in total. The van der Waals surface area contributed by atoms with Gasteiger partial charge in [-0.1, -0.05) is 17.7 Å². The van der Waals surface area contributed by atoms with Crippen LogP contribution >= 0.6 is 11.6 Å². The van der Waals surface area contributed by atoms with Gasteiger partial charge in [-0.15, -0.1) is 0 Å². The van der Waals surface area contributed by atoms with Gasteiger partial charge in [-0.2, -0.15) is 0 Å². The van der Waals surface area contributed by atoms with E-state index in [-0.39, 0.29) is 11.8 Å². The van der Waals surface area contributed by atoms with Crippen LogP contribution in [0.4, 0.5) is 11.4 Å². The third kappa shape index (κ3) is 3.84. The minimum atomic E-state index is -0.136. The van der Waals surface area contributed by atoms with Gasteiger partial charge in [0.05, 0.1) is 40.5 Å². The van der Waals surface area contributed by atoms with Gasteiger partial charge in [0.15, 0.2) is 5.75 Å². The lowest BCUT2D eigenvalue weighted by atomic mass is 9.93. The molecule has 0 saturated heterocycles. The van der Waals surface area contributed by atoms with Gasteiger partial charge in [0.1, 0.15) is 6.33 Å². The summed E-state index contributed by atoms with van der Waals surface area (Å²) in [5, 5.41) is 6.90. The topological polar surface area (TPSA) is 90.3 Å². The molecular weight excluding hydrogens is 418 g/mol. The lowest BCUT2D eigenvalue weighted by Crippen LogP contribution is -2.36. The Morgan fingerprint density at radius 2 is 2.16 bits per heavy atom. The lowest BCUT2D eigenvalue weighted by molar-refractivity contribution is 0.0934. The van der Waals surface area contributed by atoms with Crippen LogP contribution in [0.1, 0.15) is 28.4 Å². The molecule has 0 saturated carbocycles. The number of nitrogens with one attached hydrogen (secondary N) is 2. The van der Waals surface area contributed by atoms with Gasteiger partial charge < -0.3 is 24.7 Å². The molecule has 1 unspecified atom stereocenters. The fourth-order valence-corrected chi connectivity index (χ4v) is 4.36. The lowest BCUT2D eigenvalue weighted by Gasteiger charge is -2.25. The first-order chi connectivity index (χ1) is 15.1. The summed E-state index contributed by atoms with van der Waals surface area (Å²) in [4.78, 5) is 21.5. The number of carbonyl (C=O) groups excluding carboxylic acids is 1. The van der Waals surface area contributed by atoms with Crippen molar-refractivity contribution in [1.82, 2.24) is 19.9 Å². The van der Waals surface area contributed by atoms with Crippen molar-refractivity contribution in [2.24, 2.45) is 7.05 Å². The van der Waals surface area contributed by atoms with Crippen molar-refractivity contribution in [2.75, 3.05) is 32.7 Å². The molecule has 0 fully saturated rings. The number of hydrogen-bond donors (Lipinski definition) is 2. The van der Waals surface area contributed by atoms with Crippen molar-refractivity contribution >= 4 is 28.9 Å². The standard InChI is InChI=1S/C22H24ClN5O3/c1-28-19-13(8-10-30-2)11-25-22(29)17(19)18(20(28)15-7-9-24-12-26-15)27-16-6-4-5-14(23)21(16)31-3/h4-7,9,12-13,27H,8,10-11H2,1-3H3,(H,25,29). The molecule has 31 heavy (non-hydrogen) atoms. The van der Waals surface area contributed by atoms with Crippen LogP contribution in [-0.2, 0) is 11.8 Å². The highest BCUT2D eigenvalue weighted by Gasteiger charge is 2.35. The Morgan fingerprint density at radius 3 is 2.87 bits per heavy atom. The van der Waals surface area contributed by atoms with Crippen LogP contribution in [0.15, 0.2) is 36.8 Å². The van der Waals surface area contributed by atoms with E-state index in [0.29, 0.717) is 46.6 Å². The highest BCUT2D eigenvalue weighted by Crippen LogP contribution is 2.44. The number of para-hydroxylation sites is 1. The van der Waals surface area contributed by atoms with E-state index < -0.39 is 0 Å². The van der Waals surface area contributed by atoms with Gasteiger partial charge >= 0.3 is 0 Å². The van der Waals surface area contributed by atoms with Crippen LogP contribution in [0.2, 0.25) is 5.02 Å². The number of methoxy groups -OCH3 is 2. The predicted molar refractivity (Wildman–Crippen MR) is 119 cm³/mol. The van der Waals surface area contributed by atoms with Crippen LogP contribution < -0.4 is 15.4 Å². The molecule has 1 aliphatic heterocycles. The molecule has 9 heteroatoms. The maximum atomic E-state index is 13.0. The number of halogens is 1. The van der Waals surface area contributed by atoms with Gasteiger partial charge in [-0.25, -0.2) is 9.97 Å². The van der Waals surface area contributed by atoms with E-state index in [2.05, 4.69) is 20.6 Å². The highest BCUT2D eigenvalue weighted by atomic mass is 35.5. The summed E-state index contributed by atoms with van der Waals surface area (Å²) in [5.74, 6) is 0.473. The Kier molecular flexibility index (Phi) is 6.11. The first-order valence-electron chi connectivity index (χ1n) is 9.92. The van der Waals surface area contributed by atoms with Crippen molar-refractivity contribution in [3.05, 3.63) is 53.1 Å². The van der Waals surface area contributed by atoms with E-state index in [1.54, 1.807) is 26.5 Å². The Morgan fingerprint density at radius 1 is 1.32 bits per heavy atom. The van der Waals surface area contributed by atoms with Crippen molar-refractivity contribution < 1.29 is 14.3 Å². The van der Waals surface area contributed by atoms with Crippen molar-refractivity contribution in [1.29, 1.82) is 0 Å². The summed E-state index contributed by atoms with van der Waals surface area (Å²) < 4.78 is 12.8. The highest BCUT2D eigenvalue weighted by molar-refractivity contribution is 6.32. The van der Waals surface area contributed by atoms with Crippen LogP contribution in [0.3, 0.4) is 0 Å². The zero-order valence-corrected chi connectivity index (χ0v) is 18.4. The molecule has 8 nitrogen and oxygen atoms in total. The van der Waals surface area contributed by atoms with E-state index in [0.717, 1.165) is 17.8 Å². The second kappa shape index (κ2) is 8.95. The zero-order valence-electron chi connectivity index (χ0n) is 17.6. The Balaban J connectivity index is 1.93. The summed E-state index contributed by atoms with van der Waals surface area (Å²) >= 11 is 6.33. The Hall–Kier alpha value is -3.10. The van der Waals surface area contributed by atoms with Gasteiger partial charge in [0.25, 0.3) is 5.91 Å². The molecule has 2 aromatic heterocycles. The van der Waals surface area contributed by atoms with Crippen LogP contribution in [0.25, 0.3) is 11.4 Å². The van der Waals surface area contributed by atoms with E-state index in [4.69, 9.17) is 21.1 Å². The molecule has 3 heterocycles. The van der Waals surface area contributed by atoms with Crippen LogP contribution in [-0.4, -0.2) is 47.8 Å². The quantitative estimate of drug-likeness (QED) is 0.580. The molecule has 4 rings (SSSR count). The molecule has 0 bridgehead atoms. The molecule has 1 atom stereocenters. The second-order valence-corrected chi connectivity index (χ2v) is 7.68. The number of aromatic nitrogens is 3. The molecule has 162 valence electrons. The number of hydrogen-bond acceptors (Lipinski definition) is 6. The molecule has 3 aromatic rings. The normalized spacial score (nSPS) is 15.4. The average molecular weight is 442 g/mol. The van der Waals surface area contributed by atoms with Gasteiger partial charge in [-0.3, -0.25) is 4.79 Å². The van der Waals surface area contributed by atoms with Gasteiger partial charge in [0, 0.05) is 45.1 Å².